The van der Waals surface area contributed by atoms with Crippen LogP contribution < -0.4 is 5.32 Å². The molecule has 0 saturated carbocycles. The van der Waals surface area contributed by atoms with E-state index in [-0.39, 0.29) is 5.91 Å². The van der Waals surface area contributed by atoms with Gasteiger partial charge in [0, 0.05) is 12.0 Å². The van der Waals surface area contributed by atoms with Crippen LogP contribution in [0.1, 0.15) is 99.3 Å². The number of nitrogens with one attached hydrogen (secondary N) is 1. The Bertz CT molecular complexity index is 354. The molecule has 1 heterocycles. The molecule has 0 aromatic rings. The minimum absolute atomic E-state index is 0.269. The van der Waals surface area contributed by atoms with E-state index >= 15 is 0 Å². The predicted octanol–water partition coefficient (Wildman–Crippen LogP) is 5.52. The normalized spacial score (nSPS) is 21.8. The van der Waals surface area contributed by atoms with Crippen LogP contribution in [0.4, 0.5) is 0 Å². The van der Waals surface area contributed by atoms with Crippen LogP contribution in [0.25, 0.3) is 0 Å². The van der Waals surface area contributed by atoms with E-state index < -0.39 is 0 Å². The van der Waals surface area contributed by atoms with Gasteiger partial charge in [-0.25, -0.2) is 0 Å². The zero-order valence-corrected chi connectivity index (χ0v) is 17.0. The lowest BCUT2D eigenvalue weighted by Crippen LogP contribution is -2.57. The molecule has 1 rings (SSSR count). The van der Waals surface area contributed by atoms with Gasteiger partial charge in [0.25, 0.3) is 0 Å². The Morgan fingerprint density at radius 3 is 1.92 bits per heavy atom. The van der Waals surface area contributed by atoms with Crippen molar-refractivity contribution in [2.75, 3.05) is 0 Å². The van der Waals surface area contributed by atoms with Crippen molar-refractivity contribution in [3.63, 3.8) is 0 Å². The molecule has 0 aromatic heterocycles. The van der Waals surface area contributed by atoms with Crippen molar-refractivity contribution in [3.8, 4) is 0 Å². The van der Waals surface area contributed by atoms with Gasteiger partial charge in [0.2, 0.25) is 5.91 Å². The predicted molar refractivity (Wildman–Crippen MR) is 103 cm³/mol. The SMILES string of the molecule is CCC[C@@H]1NC(=O)[C@H]1CCC.CCC[C@H](CC)[C@H](CCC)C(C)=O. The van der Waals surface area contributed by atoms with Crippen LogP contribution in [0.2, 0.25) is 0 Å². The summed E-state index contributed by atoms with van der Waals surface area (Å²) in [5.41, 5.74) is 0. The molecule has 0 unspecified atom stereocenters. The van der Waals surface area contributed by atoms with E-state index in [0.717, 1.165) is 38.5 Å². The summed E-state index contributed by atoms with van der Waals surface area (Å²) >= 11 is 0. The van der Waals surface area contributed by atoms with Crippen LogP contribution in [-0.2, 0) is 9.59 Å². The summed E-state index contributed by atoms with van der Waals surface area (Å²) in [6.07, 6.45) is 10.3. The zero-order valence-electron chi connectivity index (χ0n) is 17.0. The van der Waals surface area contributed by atoms with E-state index in [2.05, 4.69) is 39.9 Å². The summed E-state index contributed by atoms with van der Waals surface area (Å²) in [6.45, 7) is 12.6. The quantitative estimate of drug-likeness (QED) is 0.504. The van der Waals surface area contributed by atoms with E-state index in [1.807, 2.05) is 0 Å². The maximum absolute atomic E-state index is 11.4. The molecule has 4 atom stereocenters. The molecular weight excluding hydrogens is 298 g/mol. The second kappa shape index (κ2) is 13.4. The minimum atomic E-state index is 0.269. The molecule has 1 aliphatic rings. The van der Waals surface area contributed by atoms with Crippen molar-refractivity contribution in [1.82, 2.24) is 5.32 Å². The van der Waals surface area contributed by atoms with E-state index in [1.54, 1.807) is 6.92 Å². The van der Waals surface area contributed by atoms with Gasteiger partial charge in [0.1, 0.15) is 5.78 Å². The highest BCUT2D eigenvalue weighted by Crippen LogP contribution is 2.26. The Morgan fingerprint density at radius 2 is 1.54 bits per heavy atom. The summed E-state index contributed by atoms with van der Waals surface area (Å²) in [4.78, 5) is 22.4. The second-order valence-electron chi connectivity index (χ2n) is 7.26. The van der Waals surface area contributed by atoms with Crippen molar-refractivity contribution >= 4 is 11.7 Å². The van der Waals surface area contributed by atoms with Crippen molar-refractivity contribution in [2.45, 2.75) is 105 Å². The van der Waals surface area contributed by atoms with Crippen molar-refractivity contribution < 1.29 is 9.59 Å². The lowest BCUT2D eigenvalue weighted by Gasteiger charge is -2.36. The highest BCUT2D eigenvalue weighted by atomic mass is 16.2. The first-order chi connectivity index (χ1) is 11.5. The maximum atomic E-state index is 11.4. The molecule has 0 radical (unpaired) electrons. The molecule has 0 aromatic carbocycles. The van der Waals surface area contributed by atoms with Crippen LogP contribution in [0, 0.1) is 17.8 Å². The van der Waals surface area contributed by atoms with Crippen LogP contribution in [0.5, 0.6) is 0 Å². The van der Waals surface area contributed by atoms with Gasteiger partial charge in [0.15, 0.2) is 0 Å². The van der Waals surface area contributed by atoms with Crippen LogP contribution in [0.15, 0.2) is 0 Å². The summed E-state index contributed by atoms with van der Waals surface area (Å²) in [5.74, 6) is 1.95. The number of carbonyl (C=O) groups is 2. The number of hydrogen-bond donors (Lipinski definition) is 1. The van der Waals surface area contributed by atoms with Crippen molar-refractivity contribution in [3.05, 3.63) is 0 Å². The van der Waals surface area contributed by atoms with E-state index in [1.165, 1.54) is 19.3 Å². The fourth-order valence-corrected chi connectivity index (χ4v) is 3.85. The van der Waals surface area contributed by atoms with Gasteiger partial charge in [-0.15, -0.1) is 0 Å². The first-order valence-electron chi connectivity index (χ1n) is 10.3. The number of carbonyl (C=O) groups excluding carboxylic acids is 2. The Labute approximate surface area is 150 Å². The Kier molecular flexibility index (Phi) is 13.0. The Morgan fingerprint density at radius 1 is 0.958 bits per heavy atom. The van der Waals surface area contributed by atoms with Gasteiger partial charge in [-0.3, -0.25) is 9.59 Å². The first kappa shape index (κ1) is 23.1. The molecule has 142 valence electrons. The molecule has 0 bridgehead atoms. The smallest absolute Gasteiger partial charge is 0.225 e. The summed E-state index contributed by atoms with van der Waals surface area (Å²) in [6, 6.07) is 0.493. The number of rotatable bonds is 11. The molecule has 1 amide bonds. The largest absolute Gasteiger partial charge is 0.352 e. The summed E-state index contributed by atoms with van der Waals surface area (Å²) in [7, 11) is 0. The Hall–Kier alpha value is -0.860. The number of Topliss-reactive ketones (excluding diaryl/α,β-unsaturated/α-hetero) is 1. The summed E-state index contributed by atoms with van der Waals surface area (Å²) < 4.78 is 0. The maximum Gasteiger partial charge on any atom is 0.225 e. The van der Waals surface area contributed by atoms with Crippen LogP contribution in [0.3, 0.4) is 0 Å². The molecule has 3 nitrogen and oxygen atoms in total. The van der Waals surface area contributed by atoms with Gasteiger partial charge in [0.05, 0.1) is 5.92 Å². The molecule has 1 N–H and O–H groups in total. The van der Waals surface area contributed by atoms with Gasteiger partial charge in [-0.2, -0.15) is 0 Å². The lowest BCUT2D eigenvalue weighted by atomic mass is 9.81. The van der Waals surface area contributed by atoms with E-state index in [0.29, 0.717) is 29.6 Å². The monoisotopic (exact) mass is 339 g/mol. The fourth-order valence-electron chi connectivity index (χ4n) is 3.85. The van der Waals surface area contributed by atoms with Crippen molar-refractivity contribution in [1.29, 1.82) is 0 Å². The molecular formula is C21H41NO2. The number of amides is 1. The van der Waals surface area contributed by atoms with E-state index in [4.69, 9.17) is 0 Å². The van der Waals surface area contributed by atoms with Crippen LogP contribution in [-0.4, -0.2) is 17.7 Å². The topological polar surface area (TPSA) is 46.2 Å². The Balaban J connectivity index is 0.000000446. The number of ketones is 1. The molecule has 1 fully saturated rings. The third-order valence-electron chi connectivity index (χ3n) is 5.22. The van der Waals surface area contributed by atoms with Gasteiger partial charge >= 0.3 is 0 Å². The van der Waals surface area contributed by atoms with Gasteiger partial charge < -0.3 is 5.32 Å². The molecule has 0 aliphatic carbocycles. The van der Waals surface area contributed by atoms with Gasteiger partial charge in [-0.1, -0.05) is 73.1 Å². The summed E-state index contributed by atoms with van der Waals surface area (Å²) in [5, 5.41) is 2.94. The van der Waals surface area contributed by atoms with Crippen molar-refractivity contribution in [2.24, 2.45) is 17.8 Å². The molecule has 24 heavy (non-hydrogen) atoms. The molecule has 1 aliphatic heterocycles. The molecule has 0 spiro atoms. The first-order valence-corrected chi connectivity index (χ1v) is 10.3. The standard InChI is InChI=1S/C12H24O.C9H17NO/c1-5-8-11(7-3)12(9-6-2)10(4)13;1-3-5-7-8(6-4-2)10-9(7)11/h11-12H,5-9H2,1-4H3;7-8H,3-6H2,1-2H3,(H,10,11)/t11-,12+;7-,8-/m00/s1. The molecule has 3 heteroatoms. The third-order valence-corrected chi connectivity index (χ3v) is 5.22. The highest BCUT2D eigenvalue weighted by Gasteiger charge is 2.36. The minimum Gasteiger partial charge on any atom is -0.352 e. The van der Waals surface area contributed by atoms with Crippen LogP contribution >= 0.6 is 0 Å². The average molecular weight is 340 g/mol. The lowest BCUT2D eigenvalue weighted by molar-refractivity contribution is -0.135. The van der Waals surface area contributed by atoms with E-state index in [9.17, 15) is 9.59 Å². The third kappa shape index (κ3) is 7.81. The average Bonchev–Trinajstić information content (AvgIpc) is 2.56. The fraction of sp³-hybridized carbons (Fsp3) is 0.905. The number of hydrogen-bond acceptors (Lipinski definition) is 2. The second-order valence-corrected chi connectivity index (χ2v) is 7.26. The highest BCUT2D eigenvalue weighted by molar-refractivity contribution is 5.85. The van der Waals surface area contributed by atoms with Gasteiger partial charge in [-0.05, 0) is 32.1 Å². The number of β-lactam (4-membered cyclic amide) rings is 1. The molecule has 1 saturated heterocycles. The zero-order chi connectivity index (χ0) is 18.5.